The molecule has 4 rings (SSSR count). The topological polar surface area (TPSA) is 47.1 Å². The molecule has 1 aliphatic heterocycles. The minimum atomic E-state index is 0.394. The van der Waals surface area contributed by atoms with Crippen LogP contribution in [0.1, 0.15) is 30.0 Å². The Labute approximate surface area is 148 Å². The first-order valence-corrected chi connectivity index (χ1v) is 8.73. The number of hydrogen-bond donors (Lipinski definition) is 1. The number of piperidine rings is 1. The van der Waals surface area contributed by atoms with Crippen molar-refractivity contribution >= 4 is 16.6 Å². The van der Waals surface area contributed by atoms with Crippen LogP contribution in [0.2, 0.25) is 0 Å². The van der Waals surface area contributed by atoms with E-state index in [1.807, 2.05) is 30.5 Å². The summed E-state index contributed by atoms with van der Waals surface area (Å²) in [6.45, 7) is 3.04. The second-order valence-corrected chi connectivity index (χ2v) is 6.78. The summed E-state index contributed by atoms with van der Waals surface area (Å²) < 4.78 is 2.17. The van der Waals surface area contributed by atoms with Crippen LogP contribution in [-0.2, 0) is 6.54 Å². The molecule has 4 nitrogen and oxygen atoms in total. The first kappa shape index (κ1) is 15.7. The van der Waals surface area contributed by atoms with Gasteiger partial charge in [-0.25, -0.2) is 0 Å². The number of hydrogen-bond acceptors (Lipinski definition) is 3. The molecule has 1 aromatic heterocycles. The number of likely N-dealkylation sites (tertiary alicyclic amines) is 1. The van der Waals surface area contributed by atoms with Gasteiger partial charge in [-0.1, -0.05) is 18.1 Å². The van der Waals surface area contributed by atoms with Gasteiger partial charge < -0.3 is 5.73 Å². The molecule has 1 fully saturated rings. The quantitative estimate of drug-likeness (QED) is 0.591. The lowest BCUT2D eigenvalue weighted by atomic mass is 10.0. The Balaban J connectivity index is 1.53. The summed E-state index contributed by atoms with van der Waals surface area (Å²) in [5.41, 5.74) is 10.0. The molecule has 1 atom stereocenters. The van der Waals surface area contributed by atoms with Crippen molar-refractivity contribution in [2.24, 2.45) is 0 Å². The van der Waals surface area contributed by atoms with Crippen LogP contribution in [0.3, 0.4) is 0 Å². The van der Waals surface area contributed by atoms with Gasteiger partial charge in [0.15, 0.2) is 0 Å². The van der Waals surface area contributed by atoms with Crippen molar-refractivity contribution in [3.63, 3.8) is 0 Å². The maximum atomic E-state index is 5.88. The Kier molecular flexibility index (Phi) is 4.17. The fourth-order valence-electron chi connectivity index (χ4n) is 3.75. The SMILES string of the molecule is C#Cc1cccc(CN2CCCC(n3ncc4cc(N)ccc43)C2)c1. The van der Waals surface area contributed by atoms with Crippen LogP contribution in [0.4, 0.5) is 5.69 Å². The molecule has 0 aliphatic carbocycles. The van der Waals surface area contributed by atoms with E-state index in [-0.39, 0.29) is 0 Å². The van der Waals surface area contributed by atoms with E-state index in [0.29, 0.717) is 6.04 Å². The molecule has 126 valence electrons. The first-order valence-electron chi connectivity index (χ1n) is 8.73. The van der Waals surface area contributed by atoms with Crippen molar-refractivity contribution in [3.8, 4) is 12.3 Å². The van der Waals surface area contributed by atoms with Crippen molar-refractivity contribution in [2.75, 3.05) is 18.8 Å². The third-order valence-corrected chi connectivity index (χ3v) is 4.95. The second kappa shape index (κ2) is 6.62. The van der Waals surface area contributed by atoms with E-state index < -0.39 is 0 Å². The fourth-order valence-corrected chi connectivity index (χ4v) is 3.75. The third-order valence-electron chi connectivity index (χ3n) is 4.95. The van der Waals surface area contributed by atoms with E-state index in [0.717, 1.165) is 48.2 Å². The van der Waals surface area contributed by atoms with Crippen molar-refractivity contribution in [3.05, 3.63) is 59.8 Å². The van der Waals surface area contributed by atoms with Gasteiger partial charge in [0.05, 0.1) is 17.8 Å². The minimum Gasteiger partial charge on any atom is -0.399 e. The number of nitrogens with zero attached hydrogens (tertiary/aromatic N) is 3. The molecule has 0 saturated carbocycles. The number of terminal acetylenes is 1. The van der Waals surface area contributed by atoms with E-state index in [1.54, 1.807) is 0 Å². The summed E-state index contributed by atoms with van der Waals surface area (Å²) >= 11 is 0. The normalized spacial score (nSPS) is 18.3. The van der Waals surface area contributed by atoms with E-state index in [9.17, 15) is 0 Å². The maximum absolute atomic E-state index is 5.88. The molecular formula is C21H22N4. The van der Waals surface area contributed by atoms with Gasteiger partial charge in [-0.05, 0) is 55.3 Å². The predicted molar refractivity (Wildman–Crippen MR) is 102 cm³/mol. The Bertz CT molecular complexity index is 934. The van der Waals surface area contributed by atoms with Gasteiger partial charge in [0.1, 0.15) is 0 Å². The average molecular weight is 330 g/mol. The molecule has 0 bridgehead atoms. The number of benzene rings is 2. The van der Waals surface area contributed by atoms with Crippen LogP contribution in [0.5, 0.6) is 0 Å². The van der Waals surface area contributed by atoms with E-state index in [2.05, 4.69) is 38.8 Å². The number of rotatable bonds is 3. The molecule has 0 amide bonds. The van der Waals surface area contributed by atoms with Crippen molar-refractivity contribution in [1.82, 2.24) is 14.7 Å². The molecule has 2 aromatic carbocycles. The van der Waals surface area contributed by atoms with Gasteiger partial charge in [-0.3, -0.25) is 9.58 Å². The molecule has 1 unspecified atom stereocenters. The lowest BCUT2D eigenvalue weighted by Crippen LogP contribution is -2.36. The van der Waals surface area contributed by atoms with Crippen LogP contribution in [0, 0.1) is 12.3 Å². The summed E-state index contributed by atoms with van der Waals surface area (Å²) in [5.74, 6) is 2.72. The van der Waals surface area contributed by atoms with Crippen molar-refractivity contribution in [2.45, 2.75) is 25.4 Å². The summed E-state index contributed by atoms with van der Waals surface area (Å²) in [7, 11) is 0. The van der Waals surface area contributed by atoms with E-state index in [1.165, 1.54) is 12.0 Å². The molecule has 3 aromatic rings. The highest BCUT2D eigenvalue weighted by atomic mass is 15.3. The molecule has 0 spiro atoms. The zero-order valence-electron chi connectivity index (χ0n) is 14.2. The fraction of sp³-hybridized carbons (Fsp3) is 0.286. The Hall–Kier alpha value is -2.77. The molecule has 25 heavy (non-hydrogen) atoms. The molecule has 1 aliphatic rings. The Morgan fingerprint density at radius 3 is 3.04 bits per heavy atom. The van der Waals surface area contributed by atoms with Crippen LogP contribution in [-0.4, -0.2) is 27.8 Å². The summed E-state index contributed by atoms with van der Waals surface area (Å²) in [4.78, 5) is 2.49. The molecule has 2 N–H and O–H groups in total. The molecule has 2 heterocycles. The number of aromatic nitrogens is 2. The van der Waals surface area contributed by atoms with Gasteiger partial charge in [-0.15, -0.1) is 6.42 Å². The third kappa shape index (κ3) is 3.24. The largest absolute Gasteiger partial charge is 0.399 e. The van der Waals surface area contributed by atoms with Crippen LogP contribution in [0.15, 0.2) is 48.7 Å². The Morgan fingerprint density at radius 2 is 2.16 bits per heavy atom. The predicted octanol–water partition coefficient (Wildman–Crippen LogP) is 3.44. The van der Waals surface area contributed by atoms with E-state index >= 15 is 0 Å². The van der Waals surface area contributed by atoms with Gasteiger partial charge in [-0.2, -0.15) is 5.10 Å². The van der Waals surface area contributed by atoms with Crippen LogP contribution >= 0.6 is 0 Å². The summed E-state index contributed by atoms with van der Waals surface area (Å²) in [6.07, 6.45) is 9.77. The van der Waals surface area contributed by atoms with Gasteiger partial charge in [0.2, 0.25) is 0 Å². The summed E-state index contributed by atoms with van der Waals surface area (Å²) in [6, 6.07) is 14.7. The molecule has 1 saturated heterocycles. The maximum Gasteiger partial charge on any atom is 0.0687 e. The zero-order chi connectivity index (χ0) is 17.2. The number of nitrogen functional groups attached to an aromatic ring is 1. The monoisotopic (exact) mass is 330 g/mol. The van der Waals surface area contributed by atoms with E-state index in [4.69, 9.17) is 12.2 Å². The van der Waals surface area contributed by atoms with Crippen molar-refractivity contribution in [1.29, 1.82) is 0 Å². The number of anilines is 1. The highest BCUT2D eigenvalue weighted by molar-refractivity contribution is 5.82. The summed E-state index contributed by atoms with van der Waals surface area (Å²) in [5, 5.41) is 5.75. The van der Waals surface area contributed by atoms with Gasteiger partial charge >= 0.3 is 0 Å². The van der Waals surface area contributed by atoms with Crippen LogP contribution < -0.4 is 5.73 Å². The van der Waals surface area contributed by atoms with Gasteiger partial charge in [0, 0.05) is 29.7 Å². The highest BCUT2D eigenvalue weighted by Crippen LogP contribution is 2.27. The van der Waals surface area contributed by atoms with Crippen LogP contribution in [0.25, 0.3) is 10.9 Å². The van der Waals surface area contributed by atoms with Gasteiger partial charge in [0.25, 0.3) is 0 Å². The lowest BCUT2D eigenvalue weighted by molar-refractivity contribution is 0.165. The molecule has 4 heteroatoms. The highest BCUT2D eigenvalue weighted by Gasteiger charge is 2.23. The zero-order valence-corrected chi connectivity index (χ0v) is 14.2. The minimum absolute atomic E-state index is 0.394. The Morgan fingerprint density at radius 1 is 1.24 bits per heavy atom. The average Bonchev–Trinajstić information content (AvgIpc) is 3.05. The van der Waals surface area contributed by atoms with Crippen molar-refractivity contribution < 1.29 is 0 Å². The second-order valence-electron chi connectivity index (χ2n) is 6.78. The molecule has 0 radical (unpaired) electrons. The number of nitrogens with two attached hydrogens (primary N) is 1. The lowest BCUT2D eigenvalue weighted by Gasteiger charge is -2.33. The standard InChI is InChI=1S/C21H22N4/c1-2-16-5-3-6-17(11-16)14-24-10-4-7-20(15-24)25-21-9-8-19(22)12-18(21)13-23-25/h1,3,5-6,8-9,11-13,20H,4,7,10,14-15,22H2. The molecular weight excluding hydrogens is 308 g/mol. The smallest absolute Gasteiger partial charge is 0.0687 e. The first-order chi connectivity index (χ1) is 12.2. The number of fused-ring (bicyclic) bond motifs is 1.